The van der Waals surface area contributed by atoms with Gasteiger partial charge in [0.1, 0.15) is 0 Å². The molecular weight excluding hydrogens is 279 g/mol. The third-order valence-corrected chi connectivity index (χ3v) is 4.60. The quantitative estimate of drug-likeness (QED) is 0.817. The van der Waals surface area contributed by atoms with Crippen LogP contribution in [0.1, 0.15) is 18.9 Å². The molecule has 1 N–H and O–H groups in total. The van der Waals surface area contributed by atoms with Gasteiger partial charge >= 0.3 is 0 Å². The molecule has 0 aliphatic carbocycles. The van der Waals surface area contributed by atoms with Crippen molar-refractivity contribution in [3.05, 3.63) is 42.1 Å². The van der Waals surface area contributed by atoms with E-state index in [1.54, 1.807) is 0 Å². The van der Waals surface area contributed by atoms with Crippen molar-refractivity contribution in [1.29, 1.82) is 0 Å². The normalized spacial score (nSPS) is 11.9. The van der Waals surface area contributed by atoms with Gasteiger partial charge < -0.3 is 5.32 Å². The molecule has 19 heavy (non-hydrogen) atoms. The first-order valence-corrected chi connectivity index (χ1v) is 7.51. The molecule has 0 atom stereocenters. The molecule has 2 aromatic rings. The lowest BCUT2D eigenvalue weighted by Crippen LogP contribution is -2.47. The van der Waals surface area contributed by atoms with Crippen molar-refractivity contribution in [2.24, 2.45) is 0 Å². The number of para-hydroxylation sites is 1. The van der Waals surface area contributed by atoms with E-state index in [1.807, 2.05) is 30.5 Å². The highest BCUT2D eigenvalue weighted by Crippen LogP contribution is 2.19. The number of hydrogen-bond donors (Lipinski definition) is 1. The Morgan fingerprint density at radius 3 is 2.58 bits per heavy atom. The van der Waals surface area contributed by atoms with E-state index >= 15 is 0 Å². The number of rotatable bonds is 6. The first-order valence-electron chi connectivity index (χ1n) is 6.44. The first-order chi connectivity index (χ1) is 9.24. The molecule has 2 rings (SSSR count). The number of alkyl halides is 2. The lowest BCUT2D eigenvalue weighted by molar-refractivity contribution is 0.385. The van der Waals surface area contributed by atoms with Crippen LogP contribution in [0.25, 0.3) is 10.9 Å². The number of halogens is 2. The van der Waals surface area contributed by atoms with Gasteiger partial charge in [-0.1, -0.05) is 25.1 Å². The number of hydrogen-bond acceptors (Lipinski definition) is 2. The summed E-state index contributed by atoms with van der Waals surface area (Å²) in [6.45, 7) is 2.85. The van der Waals surface area contributed by atoms with Crippen LogP contribution < -0.4 is 5.32 Å². The molecule has 4 heteroatoms. The predicted molar refractivity (Wildman–Crippen MR) is 83.0 cm³/mol. The molecule has 0 spiro atoms. The third kappa shape index (κ3) is 3.19. The van der Waals surface area contributed by atoms with Crippen molar-refractivity contribution in [3.8, 4) is 0 Å². The van der Waals surface area contributed by atoms with Crippen LogP contribution in [0.5, 0.6) is 0 Å². The molecule has 0 saturated carbocycles. The Hall–Kier alpha value is -0.830. The number of pyridine rings is 1. The van der Waals surface area contributed by atoms with Crippen molar-refractivity contribution in [1.82, 2.24) is 10.3 Å². The van der Waals surface area contributed by atoms with E-state index in [1.165, 1.54) is 10.9 Å². The smallest absolute Gasteiger partial charge is 0.0705 e. The summed E-state index contributed by atoms with van der Waals surface area (Å²) in [6, 6.07) is 10.2. The van der Waals surface area contributed by atoms with Gasteiger partial charge in [-0.05, 0) is 24.1 Å². The Bertz CT molecular complexity index is 525. The van der Waals surface area contributed by atoms with E-state index < -0.39 is 0 Å². The van der Waals surface area contributed by atoms with Gasteiger partial charge in [-0.2, -0.15) is 0 Å². The van der Waals surface area contributed by atoms with Crippen molar-refractivity contribution in [3.63, 3.8) is 0 Å². The van der Waals surface area contributed by atoms with Crippen molar-refractivity contribution < 1.29 is 0 Å². The van der Waals surface area contributed by atoms with Gasteiger partial charge in [-0.15, -0.1) is 23.2 Å². The summed E-state index contributed by atoms with van der Waals surface area (Å²) in [5, 5.41) is 4.67. The van der Waals surface area contributed by atoms with E-state index in [-0.39, 0.29) is 5.54 Å². The van der Waals surface area contributed by atoms with E-state index in [0.29, 0.717) is 11.8 Å². The van der Waals surface area contributed by atoms with Gasteiger partial charge in [0, 0.05) is 35.4 Å². The Balaban J connectivity index is 2.22. The maximum atomic E-state index is 6.05. The van der Waals surface area contributed by atoms with Crippen molar-refractivity contribution in [2.75, 3.05) is 11.8 Å². The Kier molecular flexibility index (Phi) is 5.03. The standard InChI is InChI=1S/C15H18Cl2N2/c1-2-15(10-16,11-17)19-9-12-7-8-18-14-6-4-3-5-13(12)14/h3-8,19H,2,9-11H2,1H3. The lowest BCUT2D eigenvalue weighted by atomic mass is 10.0. The van der Waals surface area contributed by atoms with Gasteiger partial charge in [0.05, 0.1) is 5.52 Å². The van der Waals surface area contributed by atoms with E-state index in [4.69, 9.17) is 23.2 Å². The van der Waals surface area contributed by atoms with Crippen LogP contribution in [-0.2, 0) is 6.54 Å². The summed E-state index contributed by atoms with van der Waals surface area (Å²) in [5.41, 5.74) is 2.03. The second-order valence-electron chi connectivity index (χ2n) is 4.74. The number of fused-ring (bicyclic) bond motifs is 1. The molecular formula is C15H18Cl2N2. The lowest BCUT2D eigenvalue weighted by Gasteiger charge is -2.30. The summed E-state index contributed by atoms with van der Waals surface area (Å²) in [5.74, 6) is 1.02. The average Bonchev–Trinajstić information content (AvgIpc) is 2.49. The fourth-order valence-electron chi connectivity index (χ4n) is 2.04. The summed E-state index contributed by atoms with van der Waals surface area (Å²) >= 11 is 12.1. The highest BCUT2D eigenvalue weighted by Gasteiger charge is 2.25. The molecule has 1 aromatic carbocycles. The van der Waals surface area contributed by atoms with Crippen LogP contribution >= 0.6 is 23.2 Å². The molecule has 0 fully saturated rings. The number of benzene rings is 1. The molecule has 0 radical (unpaired) electrons. The van der Waals surface area contributed by atoms with Crippen LogP contribution in [0, 0.1) is 0 Å². The summed E-state index contributed by atoms with van der Waals surface area (Å²) in [4.78, 5) is 4.37. The minimum absolute atomic E-state index is 0.201. The zero-order chi connectivity index (χ0) is 13.7. The minimum Gasteiger partial charge on any atom is -0.305 e. The monoisotopic (exact) mass is 296 g/mol. The fourth-order valence-corrected chi connectivity index (χ4v) is 2.89. The molecule has 102 valence electrons. The summed E-state index contributed by atoms with van der Waals surface area (Å²) < 4.78 is 0. The highest BCUT2D eigenvalue weighted by molar-refractivity contribution is 6.22. The highest BCUT2D eigenvalue weighted by atomic mass is 35.5. The maximum Gasteiger partial charge on any atom is 0.0705 e. The maximum absolute atomic E-state index is 6.05. The zero-order valence-corrected chi connectivity index (χ0v) is 12.5. The van der Waals surface area contributed by atoms with E-state index in [9.17, 15) is 0 Å². The second-order valence-corrected chi connectivity index (χ2v) is 5.28. The van der Waals surface area contributed by atoms with Crippen LogP contribution in [0.15, 0.2) is 36.5 Å². The van der Waals surface area contributed by atoms with Gasteiger partial charge in [0.15, 0.2) is 0 Å². The van der Waals surface area contributed by atoms with Gasteiger partial charge in [-0.3, -0.25) is 4.98 Å². The SMILES string of the molecule is CCC(CCl)(CCl)NCc1ccnc2ccccc12. The number of nitrogens with one attached hydrogen (secondary N) is 1. The Morgan fingerprint density at radius 2 is 1.89 bits per heavy atom. The number of aromatic nitrogens is 1. The van der Waals surface area contributed by atoms with Crippen LogP contribution in [0.3, 0.4) is 0 Å². The van der Waals surface area contributed by atoms with Gasteiger partial charge in [0.2, 0.25) is 0 Å². The minimum atomic E-state index is -0.201. The molecule has 2 nitrogen and oxygen atoms in total. The van der Waals surface area contributed by atoms with E-state index in [0.717, 1.165) is 18.5 Å². The fraction of sp³-hybridized carbons (Fsp3) is 0.400. The Morgan fingerprint density at radius 1 is 1.16 bits per heavy atom. The second kappa shape index (κ2) is 6.56. The third-order valence-electron chi connectivity index (χ3n) is 3.58. The molecule has 0 bridgehead atoms. The largest absolute Gasteiger partial charge is 0.305 e. The van der Waals surface area contributed by atoms with E-state index in [2.05, 4.69) is 23.3 Å². The molecule has 0 aliphatic heterocycles. The summed E-state index contributed by atoms with van der Waals surface area (Å²) in [7, 11) is 0. The van der Waals surface area contributed by atoms with Crippen molar-refractivity contribution in [2.45, 2.75) is 25.4 Å². The van der Waals surface area contributed by atoms with Gasteiger partial charge in [0.25, 0.3) is 0 Å². The first kappa shape index (κ1) is 14.6. The average molecular weight is 297 g/mol. The Labute approximate surface area is 124 Å². The van der Waals surface area contributed by atoms with Crippen molar-refractivity contribution >= 4 is 34.1 Å². The molecule has 0 amide bonds. The van der Waals surface area contributed by atoms with Crippen LogP contribution in [0.2, 0.25) is 0 Å². The number of nitrogens with zero attached hydrogens (tertiary/aromatic N) is 1. The molecule has 1 aromatic heterocycles. The molecule has 0 saturated heterocycles. The predicted octanol–water partition coefficient (Wildman–Crippen LogP) is 3.95. The summed E-state index contributed by atoms with van der Waals surface area (Å²) in [6.07, 6.45) is 2.75. The topological polar surface area (TPSA) is 24.9 Å². The van der Waals surface area contributed by atoms with Crippen LogP contribution in [-0.4, -0.2) is 22.3 Å². The van der Waals surface area contributed by atoms with Gasteiger partial charge in [-0.25, -0.2) is 0 Å². The molecule has 1 heterocycles. The molecule has 0 aliphatic rings. The zero-order valence-electron chi connectivity index (χ0n) is 11.0. The van der Waals surface area contributed by atoms with Crippen LogP contribution in [0.4, 0.5) is 0 Å². The molecule has 0 unspecified atom stereocenters.